The van der Waals surface area contributed by atoms with Crippen LogP contribution in [0.25, 0.3) is 0 Å². The molecule has 6 nitrogen and oxygen atoms in total. The minimum atomic E-state index is -1.15. The van der Waals surface area contributed by atoms with Crippen LogP contribution < -0.4 is 4.74 Å². The molecule has 184 valence electrons. The first-order valence-corrected chi connectivity index (χ1v) is 12.9. The number of amides is 1. The molecule has 1 saturated heterocycles. The van der Waals surface area contributed by atoms with Crippen molar-refractivity contribution in [2.24, 2.45) is 23.2 Å². The third-order valence-electron chi connectivity index (χ3n) is 9.08. The highest BCUT2D eigenvalue weighted by molar-refractivity contribution is 5.98. The maximum atomic E-state index is 15.3. The van der Waals surface area contributed by atoms with Crippen LogP contribution in [0.1, 0.15) is 87.1 Å². The molecule has 1 aromatic carbocycles. The summed E-state index contributed by atoms with van der Waals surface area (Å²) < 4.78 is 27.3. The SMILES string of the molecule is CC1O[C@H](C)[C@@H](C(=O)O)N1C(=O)c1cc(C2CC2)c(OCC23CC4CC(CC(C4)C2)C3)cc1F. The van der Waals surface area contributed by atoms with E-state index < -0.39 is 36.1 Å². The maximum Gasteiger partial charge on any atom is 0.329 e. The van der Waals surface area contributed by atoms with E-state index in [0.29, 0.717) is 12.4 Å². The Balaban J connectivity index is 1.26. The van der Waals surface area contributed by atoms with Crippen LogP contribution in [0.2, 0.25) is 0 Å². The summed E-state index contributed by atoms with van der Waals surface area (Å²) in [6, 6.07) is 1.83. The molecule has 1 N–H and O–H groups in total. The van der Waals surface area contributed by atoms with E-state index in [4.69, 9.17) is 9.47 Å². The van der Waals surface area contributed by atoms with Crippen molar-refractivity contribution in [3.05, 3.63) is 29.1 Å². The Bertz CT molecular complexity index is 985. The predicted octanol–water partition coefficient (Wildman–Crippen LogP) is 4.96. The van der Waals surface area contributed by atoms with Crippen LogP contribution in [0.4, 0.5) is 4.39 Å². The second kappa shape index (κ2) is 7.94. The Labute approximate surface area is 199 Å². The number of aliphatic carboxylic acids is 1. The van der Waals surface area contributed by atoms with Gasteiger partial charge in [-0.15, -0.1) is 0 Å². The molecule has 1 aromatic rings. The van der Waals surface area contributed by atoms with Crippen molar-refractivity contribution < 1.29 is 28.6 Å². The quantitative estimate of drug-likeness (QED) is 0.635. The van der Waals surface area contributed by atoms with Gasteiger partial charge in [0.1, 0.15) is 17.8 Å². The van der Waals surface area contributed by atoms with Gasteiger partial charge in [-0.05, 0) is 101 Å². The average molecular weight is 472 g/mol. The van der Waals surface area contributed by atoms with Gasteiger partial charge in [-0.25, -0.2) is 9.18 Å². The van der Waals surface area contributed by atoms with E-state index in [2.05, 4.69) is 0 Å². The summed E-state index contributed by atoms with van der Waals surface area (Å²) in [6.45, 7) is 3.87. The van der Waals surface area contributed by atoms with Gasteiger partial charge in [0.15, 0.2) is 6.04 Å². The Morgan fingerprint density at radius 1 is 1.12 bits per heavy atom. The molecule has 1 aliphatic heterocycles. The monoisotopic (exact) mass is 471 g/mol. The normalized spacial score (nSPS) is 38.4. The van der Waals surface area contributed by atoms with Crippen molar-refractivity contribution in [1.82, 2.24) is 4.90 Å². The van der Waals surface area contributed by atoms with Gasteiger partial charge >= 0.3 is 5.97 Å². The van der Waals surface area contributed by atoms with Gasteiger partial charge in [0.25, 0.3) is 5.91 Å². The fourth-order valence-electron chi connectivity index (χ4n) is 7.92. The minimum Gasteiger partial charge on any atom is -0.493 e. The maximum absolute atomic E-state index is 15.3. The van der Waals surface area contributed by atoms with E-state index in [0.717, 1.165) is 41.1 Å². The summed E-state index contributed by atoms with van der Waals surface area (Å²) in [5.41, 5.74) is 0.996. The smallest absolute Gasteiger partial charge is 0.329 e. The van der Waals surface area contributed by atoms with Crippen LogP contribution in [0, 0.1) is 29.0 Å². The summed E-state index contributed by atoms with van der Waals surface area (Å²) in [6.07, 6.45) is 8.35. The Hall–Kier alpha value is -2.15. The van der Waals surface area contributed by atoms with Crippen molar-refractivity contribution in [3.8, 4) is 5.75 Å². The zero-order valence-electron chi connectivity index (χ0n) is 20.0. The van der Waals surface area contributed by atoms with Crippen LogP contribution in [-0.4, -0.2) is 46.9 Å². The van der Waals surface area contributed by atoms with Crippen LogP contribution in [0.3, 0.4) is 0 Å². The summed E-state index contributed by atoms with van der Waals surface area (Å²) in [5, 5.41) is 9.63. The fraction of sp³-hybridized carbons (Fsp3) is 0.704. The number of carboxylic acids is 1. The van der Waals surface area contributed by atoms with Crippen molar-refractivity contribution in [3.63, 3.8) is 0 Å². The molecule has 5 aliphatic carbocycles. The average Bonchev–Trinajstić information content (AvgIpc) is 3.54. The van der Waals surface area contributed by atoms with Gasteiger partial charge in [0.05, 0.1) is 18.3 Å². The third-order valence-corrected chi connectivity index (χ3v) is 9.08. The molecule has 0 aromatic heterocycles. The van der Waals surface area contributed by atoms with E-state index in [1.54, 1.807) is 19.9 Å². The number of hydrogen-bond donors (Lipinski definition) is 1. The van der Waals surface area contributed by atoms with Gasteiger partial charge < -0.3 is 14.6 Å². The molecular formula is C27H34FNO5. The molecule has 6 aliphatic rings. The molecule has 7 heteroatoms. The van der Waals surface area contributed by atoms with Gasteiger partial charge in [-0.2, -0.15) is 0 Å². The topological polar surface area (TPSA) is 76.1 Å². The second-order valence-corrected chi connectivity index (χ2v) is 11.8. The molecule has 3 atom stereocenters. The largest absolute Gasteiger partial charge is 0.493 e. The van der Waals surface area contributed by atoms with Gasteiger partial charge in [0, 0.05) is 11.5 Å². The molecule has 6 fully saturated rings. The Kier molecular flexibility index (Phi) is 5.21. The molecule has 1 unspecified atom stereocenters. The van der Waals surface area contributed by atoms with Gasteiger partial charge in [0.2, 0.25) is 0 Å². The van der Waals surface area contributed by atoms with Gasteiger partial charge in [-0.1, -0.05) is 0 Å². The lowest BCUT2D eigenvalue weighted by molar-refractivity contribution is -0.142. The lowest BCUT2D eigenvalue weighted by Crippen LogP contribution is -2.48. The summed E-state index contributed by atoms with van der Waals surface area (Å²) in [5.74, 6) is 0.836. The number of benzene rings is 1. The molecule has 34 heavy (non-hydrogen) atoms. The van der Waals surface area contributed by atoms with E-state index in [1.807, 2.05) is 0 Å². The molecule has 1 amide bonds. The highest BCUT2D eigenvalue weighted by atomic mass is 19.1. The number of carbonyl (C=O) groups is 2. The number of nitrogens with zero attached hydrogens (tertiary/aromatic N) is 1. The lowest BCUT2D eigenvalue weighted by Gasteiger charge is -2.56. The second-order valence-electron chi connectivity index (χ2n) is 11.8. The van der Waals surface area contributed by atoms with E-state index in [1.165, 1.54) is 44.6 Å². The van der Waals surface area contributed by atoms with Crippen molar-refractivity contribution in [2.75, 3.05) is 6.61 Å². The third kappa shape index (κ3) is 3.71. The van der Waals surface area contributed by atoms with Crippen molar-refractivity contribution in [2.45, 2.75) is 89.5 Å². The zero-order chi connectivity index (χ0) is 23.8. The molecule has 5 saturated carbocycles. The van der Waals surface area contributed by atoms with Crippen LogP contribution in [-0.2, 0) is 9.53 Å². The number of ether oxygens (including phenoxy) is 2. The number of halogens is 1. The van der Waals surface area contributed by atoms with E-state index in [-0.39, 0.29) is 16.9 Å². The van der Waals surface area contributed by atoms with Crippen LogP contribution >= 0.6 is 0 Å². The van der Waals surface area contributed by atoms with Crippen LogP contribution in [0.5, 0.6) is 5.75 Å². The molecule has 0 radical (unpaired) electrons. The highest BCUT2D eigenvalue weighted by Gasteiger charge is 2.51. The first kappa shape index (κ1) is 22.3. The standard InChI is InChI=1S/C27H34FNO5/c1-14-24(26(31)32)29(15(2)34-14)25(30)21-8-20(19-3-4-19)23(9-22(21)28)33-13-27-10-16-5-17(11-27)7-18(6-16)12-27/h8-9,14-19,24H,3-7,10-13H2,1-2H3,(H,31,32)/t14-,15?,16?,17?,18?,24+,27?/m1/s1. The Morgan fingerprint density at radius 2 is 1.74 bits per heavy atom. The fourth-order valence-corrected chi connectivity index (χ4v) is 7.92. The Morgan fingerprint density at radius 3 is 2.29 bits per heavy atom. The highest BCUT2D eigenvalue weighted by Crippen LogP contribution is 2.60. The number of carbonyl (C=O) groups excluding carboxylic acids is 1. The zero-order valence-corrected chi connectivity index (χ0v) is 20.0. The summed E-state index contributed by atoms with van der Waals surface area (Å²) in [7, 11) is 0. The summed E-state index contributed by atoms with van der Waals surface area (Å²) >= 11 is 0. The van der Waals surface area contributed by atoms with Crippen LogP contribution in [0.15, 0.2) is 12.1 Å². The number of carboxylic acid groups (broad SMARTS) is 1. The summed E-state index contributed by atoms with van der Waals surface area (Å²) in [4.78, 5) is 26.3. The number of rotatable bonds is 6. The van der Waals surface area contributed by atoms with E-state index >= 15 is 4.39 Å². The van der Waals surface area contributed by atoms with Crippen molar-refractivity contribution >= 4 is 11.9 Å². The number of hydrogen-bond acceptors (Lipinski definition) is 4. The molecule has 1 heterocycles. The first-order valence-electron chi connectivity index (χ1n) is 12.9. The van der Waals surface area contributed by atoms with Crippen molar-refractivity contribution in [1.29, 1.82) is 0 Å². The molecule has 4 bridgehead atoms. The first-order chi connectivity index (χ1) is 16.2. The molecule has 0 spiro atoms. The molecular weight excluding hydrogens is 437 g/mol. The predicted molar refractivity (Wildman–Crippen MR) is 122 cm³/mol. The lowest BCUT2D eigenvalue weighted by atomic mass is 9.50. The van der Waals surface area contributed by atoms with E-state index in [9.17, 15) is 14.7 Å². The molecule has 7 rings (SSSR count). The minimum absolute atomic E-state index is 0.0974. The van der Waals surface area contributed by atoms with Gasteiger partial charge in [-0.3, -0.25) is 9.69 Å².